The molecular weight excluding hydrogens is 349 g/mol. The first-order valence-corrected chi connectivity index (χ1v) is 11.3. The molecule has 2 nitrogen and oxygen atoms in total. The Labute approximate surface area is 165 Å². The standard InChI is InChI=1S/C24H31NOP/c1-6-9-11-17-14-15-19-18(16-17)20-12-10-13-21-24(8-3,27-26)23(5,25(20)21)22(19,4)7-2/h10,12-16H,6-9,11H2,1-5H3/q+1. The van der Waals surface area contributed by atoms with E-state index in [1.165, 1.54) is 40.9 Å². The molecule has 0 fully saturated rings. The van der Waals surface area contributed by atoms with Crippen LogP contribution in [0.2, 0.25) is 0 Å². The molecule has 4 rings (SSSR count). The Morgan fingerprint density at radius 1 is 1.04 bits per heavy atom. The fraction of sp³-hybridized carbons (Fsp3) is 0.542. The third-order valence-electron chi connectivity index (χ3n) is 7.89. The Kier molecular flexibility index (Phi) is 4.35. The van der Waals surface area contributed by atoms with Gasteiger partial charge in [0.25, 0.3) is 0 Å². The van der Waals surface area contributed by atoms with E-state index in [2.05, 4.69) is 75.6 Å². The van der Waals surface area contributed by atoms with Gasteiger partial charge in [-0.15, -0.1) is 0 Å². The van der Waals surface area contributed by atoms with Crippen molar-refractivity contribution in [1.82, 2.24) is 0 Å². The van der Waals surface area contributed by atoms with Crippen LogP contribution in [0.3, 0.4) is 0 Å². The second kappa shape index (κ2) is 6.24. The maximum Gasteiger partial charge on any atom is 0.213 e. The molecule has 1 aromatic heterocycles. The fourth-order valence-corrected chi connectivity index (χ4v) is 6.87. The molecule has 0 saturated heterocycles. The molecule has 0 amide bonds. The predicted octanol–water partition coefficient (Wildman–Crippen LogP) is 6.29. The summed E-state index contributed by atoms with van der Waals surface area (Å²) < 4.78 is 15.1. The molecule has 1 aromatic carbocycles. The van der Waals surface area contributed by atoms with Crippen LogP contribution in [0.25, 0.3) is 11.3 Å². The summed E-state index contributed by atoms with van der Waals surface area (Å²) in [6.45, 7) is 11.5. The minimum absolute atomic E-state index is 0.0505. The molecule has 2 aliphatic heterocycles. The second-order valence-corrected chi connectivity index (χ2v) is 9.62. The van der Waals surface area contributed by atoms with E-state index in [9.17, 15) is 4.57 Å². The van der Waals surface area contributed by atoms with Gasteiger partial charge in [-0.1, -0.05) is 39.3 Å². The lowest BCUT2D eigenvalue weighted by molar-refractivity contribution is -0.824. The smallest absolute Gasteiger partial charge is 0.213 e. The van der Waals surface area contributed by atoms with Crippen molar-refractivity contribution in [2.45, 2.75) is 82.8 Å². The van der Waals surface area contributed by atoms with E-state index in [0.717, 1.165) is 19.3 Å². The number of nitrogens with zero attached hydrogens (tertiary/aromatic N) is 1. The average molecular weight is 380 g/mol. The highest BCUT2D eigenvalue weighted by Gasteiger charge is 2.78. The van der Waals surface area contributed by atoms with Crippen LogP contribution in [-0.2, 0) is 27.1 Å². The number of fused-ring (bicyclic) bond motifs is 2. The monoisotopic (exact) mass is 380 g/mol. The van der Waals surface area contributed by atoms with Crippen LogP contribution in [0.5, 0.6) is 0 Å². The van der Waals surface area contributed by atoms with E-state index in [1.807, 2.05) is 0 Å². The number of unbranched alkanes of at least 4 members (excludes halogenated alkanes) is 1. The zero-order valence-electron chi connectivity index (χ0n) is 17.3. The summed E-state index contributed by atoms with van der Waals surface area (Å²) in [5.74, 6) is 0. The van der Waals surface area contributed by atoms with Gasteiger partial charge in [-0.3, -0.25) is 4.57 Å². The third kappa shape index (κ3) is 2.01. The molecule has 3 unspecified atom stereocenters. The summed E-state index contributed by atoms with van der Waals surface area (Å²) in [4.78, 5) is 0. The van der Waals surface area contributed by atoms with Crippen LogP contribution in [0.1, 0.15) is 77.1 Å². The van der Waals surface area contributed by atoms with E-state index in [0.29, 0.717) is 0 Å². The third-order valence-corrected chi connectivity index (χ3v) is 9.18. The van der Waals surface area contributed by atoms with E-state index in [1.54, 1.807) is 0 Å². The zero-order valence-corrected chi connectivity index (χ0v) is 18.2. The molecule has 2 aliphatic rings. The van der Waals surface area contributed by atoms with Crippen molar-refractivity contribution in [2.24, 2.45) is 0 Å². The largest absolute Gasteiger partial charge is 0.273 e. The molecule has 0 saturated carbocycles. The quantitative estimate of drug-likeness (QED) is 0.426. The molecule has 3 atom stereocenters. The van der Waals surface area contributed by atoms with Crippen molar-refractivity contribution in [1.29, 1.82) is 0 Å². The van der Waals surface area contributed by atoms with Crippen molar-refractivity contribution in [3.63, 3.8) is 0 Å². The number of aryl methyl sites for hydroxylation is 1. The summed E-state index contributed by atoms with van der Waals surface area (Å²) in [6.07, 6.45) is 5.51. The summed E-state index contributed by atoms with van der Waals surface area (Å²) in [5.41, 5.74) is 6.51. The van der Waals surface area contributed by atoms with Crippen molar-refractivity contribution in [3.05, 3.63) is 53.2 Å². The average Bonchev–Trinajstić information content (AvgIpc) is 2.70. The normalized spacial score (nSPS) is 30.6. The van der Waals surface area contributed by atoms with Crippen molar-refractivity contribution in [2.75, 3.05) is 0 Å². The van der Waals surface area contributed by atoms with Crippen molar-refractivity contribution >= 4 is 8.46 Å². The number of aromatic nitrogens is 1. The molecule has 3 heteroatoms. The van der Waals surface area contributed by atoms with E-state index in [-0.39, 0.29) is 24.6 Å². The van der Waals surface area contributed by atoms with Gasteiger partial charge in [0, 0.05) is 19.1 Å². The number of hydrogen-bond acceptors (Lipinski definition) is 1. The van der Waals surface area contributed by atoms with Crippen LogP contribution in [0.15, 0.2) is 36.4 Å². The first-order chi connectivity index (χ1) is 12.9. The SMILES string of the molecule is CCCCc1ccc2c(c1)-c1cccc3[n+]1C(C)(C2(C)CC)C3(CC)P=O. The predicted molar refractivity (Wildman–Crippen MR) is 112 cm³/mol. The van der Waals surface area contributed by atoms with E-state index >= 15 is 0 Å². The van der Waals surface area contributed by atoms with Crippen LogP contribution in [0, 0.1) is 0 Å². The maximum atomic E-state index is 12.6. The number of rotatable bonds is 6. The lowest BCUT2D eigenvalue weighted by Crippen LogP contribution is -2.85. The van der Waals surface area contributed by atoms with E-state index < -0.39 is 0 Å². The van der Waals surface area contributed by atoms with Crippen molar-refractivity contribution < 1.29 is 9.13 Å². The summed E-state index contributed by atoms with van der Waals surface area (Å²) >= 11 is 0. The lowest BCUT2D eigenvalue weighted by Gasteiger charge is -2.58. The Balaban J connectivity index is 2.03. The molecule has 0 bridgehead atoms. The number of hydrogen-bond donors (Lipinski definition) is 0. The van der Waals surface area contributed by atoms with Crippen LogP contribution in [-0.4, -0.2) is 0 Å². The van der Waals surface area contributed by atoms with Crippen molar-refractivity contribution in [3.8, 4) is 11.3 Å². The topological polar surface area (TPSA) is 20.9 Å². The van der Waals surface area contributed by atoms with Gasteiger partial charge in [-0.25, -0.2) is 0 Å². The van der Waals surface area contributed by atoms with Gasteiger partial charge < -0.3 is 0 Å². The van der Waals surface area contributed by atoms with Gasteiger partial charge in [0.1, 0.15) is 0 Å². The summed E-state index contributed by atoms with van der Waals surface area (Å²) in [7, 11) is 0.245. The van der Waals surface area contributed by atoms with Gasteiger partial charge >= 0.3 is 0 Å². The fourth-order valence-electron chi connectivity index (χ4n) is 5.95. The van der Waals surface area contributed by atoms with Crippen LogP contribution >= 0.6 is 8.46 Å². The summed E-state index contributed by atoms with van der Waals surface area (Å²) in [5, 5.41) is -0.313. The highest BCUT2D eigenvalue weighted by Crippen LogP contribution is 2.65. The highest BCUT2D eigenvalue weighted by molar-refractivity contribution is 7.25. The lowest BCUT2D eigenvalue weighted by atomic mass is 9.51. The van der Waals surface area contributed by atoms with Crippen LogP contribution < -0.4 is 4.57 Å². The van der Waals surface area contributed by atoms with Gasteiger partial charge in [0.05, 0.1) is 11.0 Å². The first kappa shape index (κ1) is 18.8. The zero-order chi connectivity index (χ0) is 19.4. The van der Waals surface area contributed by atoms with Gasteiger partial charge in [0.15, 0.2) is 13.6 Å². The van der Waals surface area contributed by atoms with Gasteiger partial charge in [0.2, 0.25) is 16.9 Å². The Bertz CT molecular complexity index is 923. The van der Waals surface area contributed by atoms with Gasteiger partial charge in [-0.2, -0.15) is 4.57 Å². The Morgan fingerprint density at radius 3 is 2.44 bits per heavy atom. The minimum Gasteiger partial charge on any atom is -0.273 e. The molecule has 0 spiro atoms. The Hall–Kier alpha value is -1.53. The Morgan fingerprint density at radius 2 is 1.81 bits per heavy atom. The number of pyridine rings is 1. The van der Waals surface area contributed by atoms with E-state index in [4.69, 9.17) is 0 Å². The second-order valence-electron chi connectivity index (χ2n) is 8.68. The molecule has 3 heterocycles. The molecule has 27 heavy (non-hydrogen) atoms. The number of benzene rings is 1. The molecule has 142 valence electrons. The molecule has 0 radical (unpaired) electrons. The highest BCUT2D eigenvalue weighted by atomic mass is 31.1. The first-order valence-electron chi connectivity index (χ1n) is 10.5. The molecule has 0 N–H and O–H groups in total. The molecular formula is C24H31NOP+. The van der Waals surface area contributed by atoms with Gasteiger partial charge in [-0.05, 0) is 55.9 Å². The van der Waals surface area contributed by atoms with Crippen LogP contribution in [0.4, 0.5) is 0 Å². The molecule has 0 aliphatic carbocycles. The molecule has 2 aromatic rings. The summed E-state index contributed by atoms with van der Waals surface area (Å²) in [6, 6.07) is 13.7. The minimum atomic E-state index is -0.313. The maximum absolute atomic E-state index is 12.6.